The van der Waals surface area contributed by atoms with Crippen LogP contribution in [-0.4, -0.2) is 19.1 Å². The van der Waals surface area contributed by atoms with Crippen LogP contribution in [0.2, 0.25) is 0 Å². The van der Waals surface area contributed by atoms with E-state index in [4.69, 9.17) is 4.74 Å². The SMILES string of the molecule is COc1ccc(F)cc1C(=O)Nc1ccc(NC2CCCCC2)cc1. The molecule has 1 fully saturated rings. The van der Waals surface area contributed by atoms with Crippen LogP contribution in [0.4, 0.5) is 15.8 Å². The summed E-state index contributed by atoms with van der Waals surface area (Å²) in [6, 6.07) is 12.0. The molecule has 5 heteroatoms. The van der Waals surface area contributed by atoms with Gasteiger partial charge >= 0.3 is 0 Å². The van der Waals surface area contributed by atoms with Crippen LogP contribution in [0.15, 0.2) is 42.5 Å². The molecule has 0 radical (unpaired) electrons. The number of carbonyl (C=O) groups excluding carboxylic acids is 1. The fourth-order valence-corrected chi connectivity index (χ4v) is 3.19. The monoisotopic (exact) mass is 342 g/mol. The van der Waals surface area contributed by atoms with Crippen LogP contribution in [0.3, 0.4) is 0 Å². The second-order valence-electron chi connectivity index (χ2n) is 6.36. The lowest BCUT2D eigenvalue weighted by molar-refractivity contribution is 0.102. The zero-order chi connectivity index (χ0) is 17.6. The van der Waals surface area contributed by atoms with E-state index in [0.29, 0.717) is 17.5 Å². The molecule has 25 heavy (non-hydrogen) atoms. The van der Waals surface area contributed by atoms with E-state index in [-0.39, 0.29) is 5.56 Å². The van der Waals surface area contributed by atoms with Crippen molar-refractivity contribution in [3.63, 3.8) is 0 Å². The van der Waals surface area contributed by atoms with Gasteiger partial charge in [0, 0.05) is 17.4 Å². The molecule has 0 bridgehead atoms. The third-order valence-electron chi connectivity index (χ3n) is 4.52. The van der Waals surface area contributed by atoms with E-state index in [1.807, 2.05) is 24.3 Å². The van der Waals surface area contributed by atoms with Crippen molar-refractivity contribution < 1.29 is 13.9 Å². The normalized spacial score (nSPS) is 14.8. The van der Waals surface area contributed by atoms with Gasteiger partial charge in [0.1, 0.15) is 11.6 Å². The minimum absolute atomic E-state index is 0.173. The summed E-state index contributed by atoms with van der Waals surface area (Å²) in [5, 5.41) is 6.31. The summed E-state index contributed by atoms with van der Waals surface area (Å²) in [5.74, 6) is -0.531. The van der Waals surface area contributed by atoms with Crippen LogP contribution in [0.1, 0.15) is 42.5 Å². The molecule has 1 saturated carbocycles. The first kappa shape index (κ1) is 17.3. The molecule has 3 rings (SSSR count). The summed E-state index contributed by atoms with van der Waals surface area (Å²) in [6.07, 6.45) is 6.30. The van der Waals surface area contributed by atoms with Crippen LogP contribution >= 0.6 is 0 Å². The van der Waals surface area contributed by atoms with Crippen molar-refractivity contribution in [2.24, 2.45) is 0 Å². The lowest BCUT2D eigenvalue weighted by Crippen LogP contribution is -2.22. The van der Waals surface area contributed by atoms with Crippen molar-refractivity contribution in [3.05, 3.63) is 53.8 Å². The fraction of sp³-hybridized carbons (Fsp3) is 0.350. The molecule has 0 aromatic heterocycles. The number of ether oxygens (including phenoxy) is 1. The molecule has 0 spiro atoms. The number of rotatable bonds is 5. The number of amides is 1. The van der Waals surface area contributed by atoms with Crippen LogP contribution in [0, 0.1) is 5.82 Å². The lowest BCUT2D eigenvalue weighted by Gasteiger charge is -2.23. The number of nitrogens with one attached hydrogen (secondary N) is 2. The van der Waals surface area contributed by atoms with Gasteiger partial charge < -0.3 is 15.4 Å². The maximum absolute atomic E-state index is 13.4. The Kier molecular flexibility index (Phi) is 5.53. The minimum atomic E-state index is -0.474. The number of anilines is 2. The Hall–Kier alpha value is -2.56. The number of hydrogen-bond acceptors (Lipinski definition) is 3. The van der Waals surface area contributed by atoms with Gasteiger partial charge in [0.2, 0.25) is 0 Å². The van der Waals surface area contributed by atoms with Crippen LogP contribution < -0.4 is 15.4 Å². The topological polar surface area (TPSA) is 50.4 Å². The van der Waals surface area contributed by atoms with Gasteiger partial charge in [-0.1, -0.05) is 19.3 Å². The molecular formula is C20H23FN2O2. The minimum Gasteiger partial charge on any atom is -0.496 e. The Bertz CT molecular complexity index is 725. The number of carbonyl (C=O) groups is 1. The second kappa shape index (κ2) is 8.01. The van der Waals surface area contributed by atoms with Crippen molar-refractivity contribution in [1.29, 1.82) is 0 Å². The first-order valence-electron chi connectivity index (χ1n) is 8.67. The van der Waals surface area contributed by atoms with Crippen LogP contribution in [0.25, 0.3) is 0 Å². The third-order valence-corrected chi connectivity index (χ3v) is 4.52. The van der Waals surface area contributed by atoms with E-state index in [1.165, 1.54) is 57.4 Å². The van der Waals surface area contributed by atoms with Crippen molar-refractivity contribution in [2.45, 2.75) is 38.1 Å². The van der Waals surface area contributed by atoms with Gasteiger partial charge in [-0.05, 0) is 55.3 Å². The van der Waals surface area contributed by atoms with Gasteiger partial charge in [-0.3, -0.25) is 4.79 Å². The highest BCUT2D eigenvalue weighted by Crippen LogP contribution is 2.24. The molecule has 0 unspecified atom stereocenters. The molecule has 0 aliphatic heterocycles. The average Bonchev–Trinajstić information content (AvgIpc) is 2.64. The highest BCUT2D eigenvalue weighted by Gasteiger charge is 2.15. The van der Waals surface area contributed by atoms with E-state index in [1.54, 1.807) is 0 Å². The molecule has 0 saturated heterocycles. The van der Waals surface area contributed by atoms with E-state index >= 15 is 0 Å². The second-order valence-corrected chi connectivity index (χ2v) is 6.36. The first-order valence-corrected chi connectivity index (χ1v) is 8.67. The summed E-state index contributed by atoms with van der Waals surface area (Å²) in [6.45, 7) is 0. The van der Waals surface area contributed by atoms with Crippen molar-refractivity contribution in [3.8, 4) is 5.75 Å². The fourth-order valence-electron chi connectivity index (χ4n) is 3.19. The smallest absolute Gasteiger partial charge is 0.259 e. The number of benzene rings is 2. The van der Waals surface area contributed by atoms with Crippen LogP contribution in [0.5, 0.6) is 5.75 Å². The van der Waals surface area contributed by atoms with Gasteiger partial charge in [0.05, 0.1) is 12.7 Å². The molecule has 2 N–H and O–H groups in total. The third kappa shape index (κ3) is 4.50. The maximum atomic E-state index is 13.4. The van der Waals surface area contributed by atoms with Crippen LogP contribution in [-0.2, 0) is 0 Å². The molecule has 0 atom stereocenters. The molecule has 132 valence electrons. The number of methoxy groups -OCH3 is 1. The Morgan fingerprint density at radius 3 is 2.40 bits per heavy atom. The Balaban J connectivity index is 1.65. The predicted octanol–water partition coefficient (Wildman–Crippen LogP) is 4.83. The largest absolute Gasteiger partial charge is 0.496 e. The maximum Gasteiger partial charge on any atom is 0.259 e. The number of hydrogen-bond donors (Lipinski definition) is 2. The molecule has 0 heterocycles. The summed E-state index contributed by atoms with van der Waals surface area (Å²) >= 11 is 0. The molecule has 2 aromatic rings. The predicted molar refractivity (Wildman–Crippen MR) is 97.8 cm³/mol. The van der Waals surface area contributed by atoms with Gasteiger partial charge in [-0.15, -0.1) is 0 Å². The summed E-state index contributed by atoms with van der Waals surface area (Å²) in [4.78, 5) is 12.4. The molecular weight excluding hydrogens is 319 g/mol. The number of halogens is 1. The van der Waals surface area contributed by atoms with E-state index < -0.39 is 11.7 Å². The Labute approximate surface area is 147 Å². The van der Waals surface area contributed by atoms with Crippen molar-refractivity contribution in [1.82, 2.24) is 0 Å². The lowest BCUT2D eigenvalue weighted by atomic mass is 9.95. The zero-order valence-electron chi connectivity index (χ0n) is 14.3. The average molecular weight is 342 g/mol. The summed E-state index contributed by atoms with van der Waals surface area (Å²) < 4.78 is 18.5. The standard InChI is InChI=1S/C20H23FN2O2/c1-25-19-12-7-14(21)13-18(19)20(24)23-17-10-8-16(9-11-17)22-15-5-3-2-4-6-15/h7-13,15,22H,2-6H2,1H3,(H,23,24). The van der Waals surface area contributed by atoms with Crippen molar-refractivity contribution in [2.75, 3.05) is 17.7 Å². The van der Waals surface area contributed by atoms with Gasteiger partial charge in [-0.25, -0.2) is 4.39 Å². The molecule has 2 aromatic carbocycles. The Morgan fingerprint density at radius 2 is 1.72 bits per heavy atom. The van der Waals surface area contributed by atoms with Gasteiger partial charge in [0.15, 0.2) is 0 Å². The molecule has 4 nitrogen and oxygen atoms in total. The summed E-state index contributed by atoms with van der Waals surface area (Å²) in [5.41, 5.74) is 1.88. The highest BCUT2D eigenvalue weighted by atomic mass is 19.1. The highest BCUT2D eigenvalue weighted by molar-refractivity contribution is 6.06. The zero-order valence-corrected chi connectivity index (χ0v) is 14.3. The van der Waals surface area contributed by atoms with Gasteiger partial charge in [0.25, 0.3) is 5.91 Å². The summed E-state index contributed by atoms with van der Waals surface area (Å²) in [7, 11) is 1.45. The van der Waals surface area contributed by atoms with E-state index in [0.717, 1.165) is 5.69 Å². The molecule has 1 aliphatic carbocycles. The molecule has 1 amide bonds. The Morgan fingerprint density at radius 1 is 1.04 bits per heavy atom. The quantitative estimate of drug-likeness (QED) is 0.818. The van der Waals surface area contributed by atoms with E-state index in [2.05, 4.69) is 10.6 Å². The first-order chi connectivity index (χ1) is 12.2. The van der Waals surface area contributed by atoms with Crippen molar-refractivity contribution >= 4 is 17.3 Å². The van der Waals surface area contributed by atoms with E-state index in [9.17, 15) is 9.18 Å². The molecule has 1 aliphatic rings. The van der Waals surface area contributed by atoms with Gasteiger partial charge in [-0.2, -0.15) is 0 Å².